The summed E-state index contributed by atoms with van der Waals surface area (Å²) in [6.45, 7) is 0. The first-order chi connectivity index (χ1) is 15.6. The van der Waals surface area contributed by atoms with Crippen molar-refractivity contribution >= 4 is 22.5 Å². The number of alkyl halides is 3. The van der Waals surface area contributed by atoms with Gasteiger partial charge in [0.1, 0.15) is 28.7 Å². The molecule has 0 radical (unpaired) electrons. The molecule has 0 spiro atoms. The number of nitrogens with zero attached hydrogens (tertiary/aromatic N) is 1. The van der Waals surface area contributed by atoms with Crippen LogP contribution in [0.2, 0.25) is 0 Å². The SMILES string of the molecule is O=C(N[C@@H]1CCC[C@H](Nc2cc(C(F)(F)F)nc3ccc(F)cc23)C1)c1c(F)cccc1F. The fraction of sp³-hybridized carbons (Fsp3) is 0.304. The van der Waals surface area contributed by atoms with Crippen LogP contribution in [0.4, 0.5) is 32.0 Å². The first-order valence-corrected chi connectivity index (χ1v) is 10.3. The zero-order valence-electron chi connectivity index (χ0n) is 17.1. The number of nitrogens with one attached hydrogen (secondary N) is 2. The number of amides is 1. The monoisotopic (exact) mass is 467 g/mol. The van der Waals surface area contributed by atoms with Crippen molar-refractivity contribution < 1.29 is 31.1 Å². The van der Waals surface area contributed by atoms with Crippen molar-refractivity contribution in [2.24, 2.45) is 0 Å². The Morgan fingerprint density at radius 1 is 0.970 bits per heavy atom. The molecule has 1 aliphatic carbocycles. The van der Waals surface area contributed by atoms with Gasteiger partial charge >= 0.3 is 6.18 Å². The number of carbonyl (C=O) groups excluding carboxylic acids is 1. The highest BCUT2D eigenvalue weighted by atomic mass is 19.4. The van der Waals surface area contributed by atoms with Crippen molar-refractivity contribution in [3.05, 3.63) is 71.2 Å². The van der Waals surface area contributed by atoms with Crippen LogP contribution < -0.4 is 10.6 Å². The third kappa shape index (κ3) is 5.04. The minimum Gasteiger partial charge on any atom is -0.382 e. The Morgan fingerprint density at radius 3 is 2.36 bits per heavy atom. The zero-order chi connectivity index (χ0) is 23.8. The van der Waals surface area contributed by atoms with E-state index >= 15 is 0 Å². The van der Waals surface area contributed by atoms with E-state index in [4.69, 9.17) is 0 Å². The van der Waals surface area contributed by atoms with Crippen LogP contribution in [0.15, 0.2) is 42.5 Å². The van der Waals surface area contributed by atoms with Crippen molar-refractivity contribution in [2.75, 3.05) is 5.32 Å². The predicted molar refractivity (Wildman–Crippen MR) is 110 cm³/mol. The van der Waals surface area contributed by atoms with Crippen LogP contribution in [0.1, 0.15) is 41.7 Å². The van der Waals surface area contributed by atoms with Crippen molar-refractivity contribution in [1.29, 1.82) is 0 Å². The third-order valence-electron chi connectivity index (χ3n) is 5.62. The minimum atomic E-state index is -4.69. The van der Waals surface area contributed by atoms with Gasteiger partial charge < -0.3 is 10.6 Å². The van der Waals surface area contributed by atoms with E-state index in [0.717, 1.165) is 36.4 Å². The van der Waals surface area contributed by atoms with Crippen LogP contribution in [-0.2, 0) is 6.18 Å². The number of anilines is 1. The molecule has 1 fully saturated rings. The molecule has 3 aromatic rings. The quantitative estimate of drug-likeness (QED) is 0.475. The molecule has 2 aromatic carbocycles. The normalized spacial score (nSPS) is 18.8. The summed E-state index contributed by atoms with van der Waals surface area (Å²) in [5.41, 5.74) is -1.73. The van der Waals surface area contributed by atoms with Crippen LogP contribution in [-0.4, -0.2) is 23.0 Å². The second-order valence-corrected chi connectivity index (χ2v) is 7.99. The molecule has 33 heavy (non-hydrogen) atoms. The maximum absolute atomic E-state index is 13.9. The zero-order valence-corrected chi connectivity index (χ0v) is 17.1. The van der Waals surface area contributed by atoms with E-state index in [-0.39, 0.29) is 22.6 Å². The number of aromatic nitrogens is 1. The molecule has 1 aromatic heterocycles. The van der Waals surface area contributed by atoms with E-state index in [1.54, 1.807) is 0 Å². The number of fused-ring (bicyclic) bond motifs is 1. The Hall–Kier alpha value is -3.30. The molecule has 2 atom stereocenters. The first-order valence-electron chi connectivity index (χ1n) is 10.3. The molecule has 0 bridgehead atoms. The molecular formula is C23H19F6N3O. The van der Waals surface area contributed by atoms with Gasteiger partial charge in [-0.05, 0) is 62.1 Å². The van der Waals surface area contributed by atoms with Crippen LogP contribution in [0.5, 0.6) is 0 Å². The largest absolute Gasteiger partial charge is 0.433 e. The van der Waals surface area contributed by atoms with E-state index in [9.17, 15) is 31.1 Å². The molecule has 1 amide bonds. The maximum Gasteiger partial charge on any atom is 0.433 e. The molecule has 10 heteroatoms. The third-order valence-corrected chi connectivity index (χ3v) is 5.62. The van der Waals surface area contributed by atoms with Crippen molar-refractivity contribution in [1.82, 2.24) is 10.3 Å². The number of hydrogen-bond acceptors (Lipinski definition) is 3. The van der Waals surface area contributed by atoms with E-state index in [2.05, 4.69) is 15.6 Å². The Morgan fingerprint density at radius 2 is 1.67 bits per heavy atom. The van der Waals surface area contributed by atoms with E-state index in [1.807, 2.05) is 0 Å². The van der Waals surface area contributed by atoms with Gasteiger partial charge in [0.2, 0.25) is 0 Å². The lowest BCUT2D eigenvalue weighted by Gasteiger charge is -2.31. The molecule has 4 rings (SSSR count). The summed E-state index contributed by atoms with van der Waals surface area (Å²) in [6.07, 6.45) is -2.64. The topological polar surface area (TPSA) is 54.0 Å². The molecule has 0 aliphatic heterocycles. The smallest absolute Gasteiger partial charge is 0.382 e. The van der Waals surface area contributed by atoms with E-state index in [1.165, 1.54) is 6.07 Å². The molecule has 0 saturated heterocycles. The van der Waals surface area contributed by atoms with Crippen LogP contribution in [0.25, 0.3) is 10.9 Å². The second-order valence-electron chi connectivity index (χ2n) is 7.99. The van der Waals surface area contributed by atoms with Crippen molar-refractivity contribution in [3.8, 4) is 0 Å². The molecule has 1 saturated carbocycles. The number of benzene rings is 2. The fourth-order valence-electron chi connectivity index (χ4n) is 4.11. The lowest BCUT2D eigenvalue weighted by atomic mass is 9.90. The molecule has 1 heterocycles. The van der Waals surface area contributed by atoms with Crippen LogP contribution >= 0.6 is 0 Å². The van der Waals surface area contributed by atoms with Gasteiger partial charge in [-0.25, -0.2) is 18.2 Å². The van der Waals surface area contributed by atoms with Gasteiger partial charge in [-0.15, -0.1) is 0 Å². The van der Waals surface area contributed by atoms with Crippen LogP contribution in [0, 0.1) is 17.5 Å². The van der Waals surface area contributed by atoms with Crippen molar-refractivity contribution in [2.45, 2.75) is 43.9 Å². The average Bonchev–Trinajstić information content (AvgIpc) is 2.73. The molecule has 1 aliphatic rings. The highest BCUT2D eigenvalue weighted by Crippen LogP contribution is 2.34. The number of hydrogen-bond donors (Lipinski definition) is 2. The molecular weight excluding hydrogens is 448 g/mol. The Balaban J connectivity index is 1.55. The van der Waals surface area contributed by atoms with Gasteiger partial charge in [0.25, 0.3) is 5.91 Å². The lowest BCUT2D eigenvalue weighted by Crippen LogP contribution is -2.42. The number of carbonyl (C=O) groups is 1. The Kier molecular flexibility index (Phi) is 6.18. The van der Waals surface area contributed by atoms with E-state index < -0.39 is 46.8 Å². The summed E-state index contributed by atoms with van der Waals surface area (Å²) in [6, 6.07) is 6.46. The molecule has 174 valence electrons. The summed E-state index contributed by atoms with van der Waals surface area (Å²) >= 11 is 0. The molecule has 0 unspecified atom stereocenters. The maximum atomic E-state index is 13.9. The summed E-state index contributed by atoms with van der Waals surface area (Å²) in [5.74, 6) is -3.48. The predicted octanol–water partition coefficient (Wildman–Crippen LogP) is 5.82. The van der Waals surface area contributed by atoms with Crippen molar-refractivity contribution in [3.63, 3.8) is 0 Å². The number of rotatable bonds is 4. The van der Waals surface area contributed by atoms with Gasteiger partial charge in [-0.3, -0.25) is 4.79 Å². The Bertz CT molecular complexity index is 1180. The Labute approximate surface area is 185 Å². The highest BCUT2D eigenvalue weighted by Gasteiger charge is 2.34. The standard InChI is InChI=1S/C23H19F6N3O/c24-12-7-8-18-15(9-12)19(11-20(32-18)23(27,28)29)30-13-3-1-4-14(10-13)31-22(33)21-16(25)5-2-6-17(21)26/h2,5-9,11,13-14H,1,3-4,10H2,(H,30,32)(H,31,33)/t13-,14+/m0/s1. The summed E-state index contributed by atoms with van der Waals surface area (Å²) in [5, 5.41) is 5.82. The van der Waals surface area contributed by atoms with Gasteiger partial charge in [-0.1, -0.05) is 6.07 Å². The average molecular weight is 467 g/mol. The number of halogens is 6. The fourth-order valence-corrected chi connectivity index (χ4v) is 4.11. The summed E-state index contributed by atoms with van der Waals surface area (Å²) < 4.78 is 81.5. The van der Waals surface area contributed by atoms with Gasteiger partial charge in [0.05, 0.1) is 5.52 Å². The van der Waals surface area contributed by atoms with Gasteiger partial charge in [-0.2, -0.15) is 13.2 Å². The summed E-state index contributed by atoms with van der Waals surface area (Å²) in [7, 11) is 0. The minimum absolute atomic E-state index is 0.00980. The molecule has 2 N–H and O–H groups in total. The lowest BCUT2D eigenvalue weighted by molar-refractivity contribution is -0.140. The van der Waals surface area contributed by atoms with Gasteiger partial charge in [0, 0.05) is 23.2 Å². The number of pyridine rings is 1. The highest BCUT2D eigenvalue weighted by molar-refractivity contribution is 5.95. The van der Waals surface area contributed by atoms with Crippen LogP contribution in [0.3, 0.4) is 0 Å². The molecule has 4 nitrogen and oxygen atoms in total. The summed E-state index contributed by atoms with van der Waals surface area (Å²) in [4.78, 5) is 16.0. The van der Waals surface area contributed by atoms with E-state index in [0.29, 0.717) is 25.7 Å². The second kappa shape index (κ2) is 8.92. The van der Waals surface area contributed by atoms with Gasteiger partial charge in [0.15, 0.2) is 0 Å². The first kappa shape index (κ1) is 22.9.